The zero-order valence-electron chi connectivity index (χ0n) is 15.8. The molecule has 0 aromatic heterocycles. The van der Waals surface area contributed by atoms with Gasteiger partial charge in [0.25, 0.3) is 0 Å². The summed E-state index contributed by atoms with van der Waals surface area (Å²) < 4.78 is 0. The maximum absolute atomic E-state index is 2.42. The van der Waals surface area contributed by atoms with Crippen molar-refractivity contribution in [3.8, 4) is 0 Å². The van der Waals surface area contributed by atoms with Gasteiger partial charge in [0, 0.05) is 7.26 Å². The Morgan fingerprint density at radius 3 is 1.10 bits per heavy atom. The van der Waals surface area contributed by atoms with Crippen LogP contribution in [0.3, 0.4) is 0 Å². The molecule has 0 fully saturated rings. The Hall–Kier alpha value is 0.430. The molecule has 0 saturated heterocycles. The summed E-state index contributed by atoms with van der Waals surface area (Å²) in [6.45, 7) is 9.47. The van der Waals surface area contributed by atoms with E-state index in [0.717, 1.165) is 0 Å². The van der Waals surface area contributed by atoms with Gasteiger partial charge in [-0.25, -0.2) is 0 Å². The smallest absolute Gasteiger partial charge is 0.0594 e. The van der Waals surface area contributed by atoms with E-state index in [9.17, 15) is 0 Å². The van der Waals surface area contributed by atoms with E-state index >= 15 is 0 Å². The molecule has 0 nitrogen and oxygen atoms in total. The molecule has 0 aliphatic rings. The summed E-state index contributed by atoms with van der Waals surface area (Å²) >= 11 is 0. The molecule has 0 saturated carbocycles. The van der Waals surface area contributed by atoms with Gasteiger partial charge in [0.05, 0.1) is 24.6 Å². The van der Waals surface area contributed by atoms with E-state index in [0.29, 0.717) is 0 Å². The van der Waals surface area contributed by atoms with Crippen LogP contribution in [0.4, 0.5) is 0 Å². The van der Waals surface area contributed by atoms with Gasteiger partial charge in [0.2, 0.25) is 0 Å². The fourth-order valence-electron chi connectivity index (χ4n) is 3.72. The van der Waals surface area contributed by atoms with Gasteiger partial charge in [-0.2, -0.15) is 0 Å². The molecule has 21 heavy (non-hydrogen) atoms. The van der Waals surface area contributed by atoms with E-state index in [2.05, 4.69) is 27.7 Å². The van der Waals surface area contributed by atoms with Crippen molar-refractivity contribution in [1.82, 2.24) is 0 Å². The van der Waals surface area contributed by atoms with Gasteiger partial charge in [-0.05, 0) is 38.5 Å². The maximum Gasteiger partial charge on any atom is 0.0594 e. The van der Waals surface area contributed by atoms with Crippen LogP contribution in [0.25, 0.3) is 0 Å². The number of rotatable bonds is 16. The van der Waals surface area contributed by atoms with Gasteiger partial charge in [-0.3, -0.25) is 0 Å². The minimum atomic E-state index is -0.593. The maximum atomic E-state index is 2.42. The van der Waals surface area contributed by atoms with E-state index < -0.39 is 7.26 Å². The number of hydrogen-bond donors (Lipinski definition) is 0. The summed E-state index contributed by atoms with van der Waals surface area (Å²) in [5.41, 5.74) is 0. The minimum absolute atomic E-state index is 0.593. The monoisotopic (exact) mass is 315 g/mol. The number of hydrogen-bond acceptors (Lipinski definition) is 0. The minimum Gasteiger partial charge on any atom is -0.0654 e. The quantitative estimate of drug-likeness (QED) is 0.201. The van der Waals surface area contributed by atoms with E-state index in [1.54, 1.807) is 24.6 Å². The summed E-state index contributed by atoms with van der Waals surface area (Å²) in [5.74, 6) is 0. The van der Waals surface area contributed by atoms with Crippen LogP contribution in [0.2, 0.25) is 0 Å². The van der Waals surface area contributed by atoms with Crippen molar-refractivity contribution in [3.05, 3.63) is 0 Å². The lowest BCUT2D eigenvalue weighted by atomic mass is 10.2. The predicted molar refractivity (Wildman–Crippen MR) is 104 cm³/mol. The lowest BCUT2D eigenvalue weighted by molar-refractivity contribution is 0.649. The first-order valence-corrected chi connectivity index (χ1v) is 12.6. The molecule has 0 bridgehead atoms. The van der Waals surface area contributed by atoms with E-state index in [1.807, 2.05) is 0 Å². The molecule has 0 aromatic rings. The molecular formula is C20H44P+. The zero-order chi connectivity index (χ0) is 15.8. The van der Waals surface area contributed by atoms with Gasteiger partial charge in [0.1, 0.15) is 0 Å². The van der Waals surface area contributed by atoms with Crippen LogP contribution in [0.1, 0.15) is 105 Å². The molecular weight excluding hydrogens is 271 g/mol. The zero-order valence-corrected chi connectivity index (χ0v) is 16.7. The molecule has 0 amide bonds. The summed E-state index contributed by atoms with van der Waals surface area (Å²) in [6.07, 6.45) is 23.9. The van der Waals surface area contributed by atoms with E-state index in [1.165, 1.54) is 77.0 Å². The van der Waals surface area contributed by atoms with Gasteiger partial charge in [-0.15, -0.1) is 0 Å². The fraction of sp³-hybridized carbons (Fsp3) is 1.00. The van der Waals surface area contributed by atoms with Gasteiger partial charge in [0.15, 0.2) is 0 Å². The van der Waals surface area contributed by atoms with Gasteiger partial charge in [-0.1, -0.05) is 66.2 Å². The Bertz CT molecular complexity index is 178. The fourth-order valence-corrected chi connectivity index (χ4v) is 8.75. The lowest BCUT2D eigenvalue weighted by Gasteiger charge is -2.27. The van der Waals surface area contributed by atoms with Crippen LogP contribution >= 0.6 is 7.26 Å². The summed E-state index contributed by atoms with van der Waals surface area (Å²) in [7, 11) is -0.593. The van der Waals surface area contributed by atoms with Gasteiger partial charge >= 0.3 is 0 Å². The molecule has 0 N–H and O–H groups in total. The Balaban J connectivity index is 4.16. The topological polar surface area (TPSA) is 0 Å². The molecule has 128 valence electrons. The van der Waals surface area contributed by atoms with Crippen molar-refractivity contribution in [2.75, 3.05) is 24.6 Å². The highest BCUT2D eigenvalue weighted by Gasteiger charge is 2.33. The summed E-state index contributed by atoms with van der Waals surface area (Å²) in [6, 6.07) is 0. The summed E-state index contributed by atoms with van der Waals surface area (Å²) in [4.78, 5) is 0. The van der Waals surface area contributed by atoms with Gasteiger partial charge < -0.3 is 0 Å². The third-order valence-corrected chi connectivity index (χ3v) is 10.2. The SMILES string of the molecule is CCCCCCC[P+](CCC)(CCC)CCCCCCC. The molecule has 0 heterocycles. The van der Waals surface area contributed by atoms with E-state index in [-0.39, 0.29) is 0 Å². The third kappa shape index (κ3) is 11.6. The average molecular weight is 316 g/mol. The molecule has 1 heteroatoms. The molecule has 0 aliphatic carbocycles. The molecule has 0 rings (SSSR count). The molecule has 0 aromatic carbocycles. The standard InChI is InChI=1S/C20H44P/c1-5-9-11-13-15-19-21(17-7-3,18-8-4)20-16-14-12-10-6-2/h5-20H2,1-4H3/q+1. The number of unbranched alkanes of at least 4 members (excludes halogenated alkanes) is 8. The van der Waals surface area contributed by atoms with Crippen molar-refractivity contribution >= 4 is 7.26 Å². The van der Waals surface area contributed by atoms with Crippen LogP contribution in [0.5, 0.6) is 0 Å². The lowest BCUT2D eigenvalue weighted by Crippen LogP contribution is -2.12. The van der Waals surface area contributed by atoms with Crippen LogP contribution in [0, 0.1) is 0 Å². The van der Waals surface area contributed by atoms with Crippen molar-refractivity contribution < 1.29 is 0 Å². The van der Waals surface area contributed by atoms with Crippen molar-refractivity contribution in [3.63, 3.8) is 0 Å². The first-order chi connectivity index (χ1) is 10.2. The van der Waals surface area contributed by atoms with Crippen molar-refractivity contribution in [1.29, 1.82) is 0 Å². The second-order valence-corrected chi connectivity index (χ2v) is 11.5. The highest BCUT2D eigenvalue weighted by molar-refractivity contribution is 7.75. The van der Waals surface area contributed by atoms with Crippen molar-refractivity contribution in [2.24, 2.45) is 0 Å². The molecule has 0 atom stereocenters. The Labute approximate surface area is 137 Å². The van der Waals surface area contributed by atoms with Crippen LogP contribution in [-0.2, 0) is 0 Å². The average Bonchev–Trinajstić information content (AvgIpc) is 2.47. The van der Waals surface area contributed by atoms with Crippen molar-refractivity contribution in [2.45, 2.75) is 105 Å². The molecule has 0 radical (unpaired) electrons. The van der Waals surface area contributed by atoms with Crippen LogP contribution in [-0.4, -0.2) is 24.6 Å². The van der Waals surface area contributed by atoms with Crippen LogP contribution in [0.15, 0.2) is 0 Å². The Morgan fingerprint density at radius 2 is 0.762 bits per heavy atom. The predicted octanol–water partition coefficient (Wildman–Crippen LogP) is 7.76. The third-order valence-electron chi connectivity index (χ3n) is 4.87. The highest BCUT2D eigenvalue weighted by Crippen LogP contribution is 2.61. The normalized spacial score (nSPS) is 12.0. The summed E-state index contributed by atoms with van der Waals surface area (Å²) in [5, 5.41) is 0. The first-order valence-electron chi connectivity index (χ1n) is 10.1. The molecule has 0 spiro atoms. The Morgan fingerprint density at radius 1 is 0.381 bits per heavy atom. The Kier molecular flexibility index (Phi) is 15.6. The largest absolute Gasteiger partial charge is 0.0654 e. The second kappa shape index (κ2) is 15.3. The molecule has 0 unspecified atom stereocenters. The second-order valence-electron chi connectivity index (χ2n) is 7.06. The van der Waals surface area contributed by atoms with E-state index in [4.69, 9.17) is 0 Å². The highest BCUT2D eigenvalue weighted by atomic mass is 31.2. The molecule has 0 aliphatic heterocycles. The van der Waals surface area contributed by atoms with Crippen LogP contribution < -0.4 is 0 Å². The first kappa shape index (κ1) is 21.4.